The van der Waals surface area contributed by atoms with E-state index >= 15 is 0 Å². The van der Waals surface area contributed by atoms with Gasteiger partial charge in [0.2, 0.25) is 5.91 Å². The van der Waals surface area contributed by atoms with Gasteiger partial charge in [-0.2, -0.15) is 0 Å². The minimum atomic E-state index is -1.17. The molecule has 2 amide bonds. The van der Waals surface area contributed by atoms with E-state index < -0.39 is 23.3 Å². The summed E-state index contributed by atoms with van der Waals surface area (Å²) in [6.45, 7) is -0.0682. The third-order valence-corrected chi connectivity index (χ3v) is 6.56. The number of carboxylic acids is 1. The van der Waals surface area contributed by atoms with Crippen molar-refractivity contribution in [1.82, 2.24) is 10.2 Å². The number of rotatable bonds is 7. The van der Waals surface area contributed by atoms with Crippen molar-refractivity contribution in [3.63, 3.8) is 0 Å². The fraction of sp³-hybridized carbons (Fsp3) is 0.353. The predicted molar refractivity (Wildman–Crippen MR) is 99.4 cm³/mol. The molecule has 0 radical (unpaired) electrons. The highest BCUT2D eigenvalue weighted by Crippen LogP contribution is 2.43. The second-order valence-corrected chi connectivity index (χ2v) is 8.06. The molecule has 0 aliphatic carbocycles. The molecule has 0 unspecified atom stereocenters. The Labute approximate surface area is 158 Å². The highest BCUT2D eigenvalue weighted by Gasteiger charge is 2.54. The molecule has 2 aliphatic rings. The number of nitrogens with one attached hydrogen (secondary N) is 1. The Morgan fingerprint density at radius 2 is 2.04 bits per heavy atom. The highest BCUT2D eigenvalue weighted by atomic mass is 32.2. The second kappa shape index (κ2) is 8.15. The first-order chi connectivity index (χ1) is 12.5. The molecule has 7 nitrogen and oxygen atoms in total. The highest BCUT2D eigenvalue weighted by molar-refractivity contribution is 8.06. The van der Waals surface area contributed by atoms with Gasteiger partial charge in [-0.3, -0.25) is 14.5 Å². The van der Waals surface area contributed by atoms with E-state index in [9.17, 15) is 19.5 Å². The van der Waals surface area contributed by atoms with E-state index in [0.717, 1.165) is 5.56 Å². The molecule has 1 fully saturated rings. The molecule has 1 aromatic rings. The minimum Gasteiger partial charge on any atom is -0.477 e. The number of nitrogens with zero attached hydrogens (tertiary/aromatic N) is 1. The summed E-state index contributed by atoms with van der Waals surface area (Å²) in [5.74, 6) is -1.04. The van der Waals surface area contributed by atoms with Crippen molar-refractivity contribution in [2.45, 2.75) is 17.8 Å². The van der Waals surface area contributed by atoms with E-state index in [0.29, 0.717) is 16.4 Å². The number of hydrogen-bond donors (Lipinski definition) is 3. The minimum absolute atomic E-state index is 0.0363. The Kier molecular flexibility index (Phi) is 5.90. The molecule has 0 saturated carbocycles. The van der Waals surface area contributed by atoms with Crippen LogP contribution in [0.1, 0.15) is 5.56 Å². The molecule has 3 N–H and O–H groups in total. The Bertz CT molecular complexity index is 753. The molecule has 2 heterocycles. The number of carbonyl (C=O) groups is 3. The number of hydrogen-bond acceptors (Lipinski definition) is 6. The number of aliphatic carboxylic acids is 1. The molecule has 2 aliphatic heterocycles. The summed E-state index contributed by atoms with van der Waals surface area (Å²) in [6, 6.07) is 8.49. The van der Waals surface area contributed by atoms with Crippen molar-refractivity contribution < 1.29 is 24.6 Å². The summed E-state index contributed by atoms with van der Waals surface area (Å²) in [7, 11) is 0. The van der Waals surface area contributed by atoms with E-state index in [1.165, 1.54) is 28.4 Å². The van der Waals surface area contributed by atoms with Gasteiger partial charge in [-0.15, -0.1) is 23.5 Å². The molecule has 3 rings (SSSR count). The standard InChI is InChI=1S/C17H18N2O5S2/c20-6-7-25-11-9-26-16-13(15(22)19(16)14(11)17(23)24)18-12(21)8-10-4-2-1-3-5-10/h1-5,13,16,20H,6-9H2,(H,18,21)(H,23,24)/t13-,16+/m1/s1. The van der Waals surface area contributed by atoms with Gasteiger partial charge in [-0.1, -0.05) is 30.3 Å². The molecule has 1 saturated heterocycles. The summed E-state index contributed by atoms with van der Waals surface area (Å²) in [4.78, 5) is 38.1. The number of aliphatic hydroxyl groups excluding tert-OH is 1. The number of fused-ring (bicyclic) bond motifs is 1. The van der Waals surface area contributed by atoms with Gasteiger partial charge in [0.05, 0.1) is 13.0 Å². The smallest absolute Gasteiger partial charge is 0.353 e. The maximum atomic E-state index is 12.5. The van der Waals surface area contributed by atoms with E-state index in [1.54, 1.807) is 0 Å². The quantitative estimate of drug-likeness (QED) is 0.583. The van der Waals surface area contributed by atoms with E-state index in [1.807, 2.05) is 30.3 Å². The molecule has 0 spiro atoms. The van der Waals surface area contributed by atoms with Crippen molar-refractivity contribution in [1.29, 1.82) is 0 Å². The van der Waals surface area contributed by atoms with E-state index in [-0.39, 0.29) is 24.6 Å². The molecule has 2 atom stereocenters. The third kappa shape index (κ3) is 3.74. The number of aliphatic hydroxyl groups is 1. The number of carboxylic acid groups (broad SMARTS) is 1. The fourth-order valence-corrected chi connectivity index (χ4v) is 5.27. The Morgan fingerprint density at radius 3 is 2.69 bits per heavy atom. The molecule has 0 bridgehead atoms. The summed E-state index contributed by atoms with van der Waals surface area (Å²) in [5.41, 5.74) is 0.810. The van der Waals surface area contributed by atoms with Gasteiger partial charge in [0.25, 0.3) is 5.91 Å². The Morgan fingerprint density at radius 1 is 1.31 bits per heavy atom. The van der Waals surface area contributed by atoms with Crippen LogP contribution in [0.15, 0.2) is 40.9 Å². The summed E-state index contributed by atoms with van der Waals surface area (Å²) in [5, 5.41) is 20.7. The molecule has 9 heteroatoms. The molecular weight excluding hydrogens is 376 g/mol. The first kappa shape index (κ1) is 18.8. The van der Waals surface area contributed by atoms with Gasteiger partial charge in [0.15, 0.2) is 0 Å². The lowest BCUT2D eigenvalue weighted by atomic mass is 10.0. The molecule has 138 valence electrons. The van der Waals surface area contributed by atoms with Crippen LogP contribution in [0.3, 0.4) is 0 Å². The van der Waals surface area contributed by atoms with Gasteiger partial charge in [0.1, 0.15) is 17.1 Å². The van der Waals surface area contributed by atoms with Gasteiger partial charge in [-0.25, -0.2) is 4.79 Å². The first-order valence-corrected chi connectivity index (χ1v) is 10.0. The Balaban J connectivity index is 1.68. The molecule has 1 aromatic carbocycles. The largest absolute Gasteiger partial charge is 0.477 e. The van der Waals surface area contributed by atoms with Crippen molar-refractivity contribution in [2.24, 2.45) is 0 Å². The van der Waals surface area contributed by atoms with E-state index in [2.05, 4.69) is 5.32 Å². The lowest BCUT2D eigenvalue weighted by Crippen LogP contribution is -2.70. The SMILES string of the molecule is O=C(Cc1ccccc1)N[C@@H]1C(=O)N2C(C(=O)O)=C(SCCO)CS[C@@H]12. The van der Waals surface area contributed by atoms with Crippen LogP contribution in [0.25, 0.3) is 0 Å². The average Bonchev–Trinajstić information content (AvgIpc) is 2.64. The zero-order chi connectivity index (χ0) is 18.7. The summed E-state index contributed by atoms with van der Waals surface area (Å²) >= 11 is 2.66. The maximum Gasteiger partial charge on any atom is 0.353 e. The zero-order valence-corrected chi connectivity index (χ0v) is 15.4. The van der Waals surface area contributed by atoms with Gasteiger partial charge >= 0.3 is 5.97 Å². The molecular formula is C17H18N2O5S2. The van der Waals surface area contributed by atoms with E-state index in [4.69, 9.17) is 5.11 Å². The van der Waals surface area contributed by atoms with Crippen LogP contribution >= 0.6 is 23.5 Å². The van der Waals surface area contributed by atoms with Crippen LogP contribution in [0.5, 0.6) is 0 Å². The monoisotopic (exact) mass is 394 g/mol. The predicted octanol–water partition coefficient (Wildman–Crippen LogP) is 0.651. The van der Waals surface area contributed by atoms with Crippen molar-refractivity contribution in [2.75, 3.05) is 18.1 Å². The summed E-state index contributed by atoms with van der Waals surface area (Å²) in [6.07, 6.45) is 0.168. The van der Waals surface area contributed by atoms with Crippen LogP contribution < -0.4 is 5.32 Å². The van der Waals surface area contributed by atoms with Crippen LogP contribution in [0.2, 0.25) is 0 Å². The normalized spacial score (nSPS) is 21.9. The topological polar surface area (TPSA) is 107 Å². The van der Waals surface area contributed by atoms with Crippen LogP contribution in [0, 0.1) is 0 Å². The van der Waals surface area contributed by atoms with Crippen LogP contribution in [0.4, 0.5) is 0 Å². The van der Waals surface area contributed by atoms with Crippen LogP contribution in [-0.2, 0) is 20.8 Å². The fourth-order valence-electron chi connectivity index (χ4n) is 2.88. The maximum absolute atomic E-state index is 12.5. The van der Waals surface area contributed by atoms with Gasteiger partial charge in [0, 0.05) is 16.4 Å². The third-order valence-electron chi connectivity index (χ3n) is 4.03. The van der Waals surface area contributed by atoms with Gasteiger partial charge in [-0.05, 0) is 5.56 Å². The number of carbonyl (C=O) groups excluding carboxylic acids is 2. The number of β-lactam (4-membered cyclic amide) rings is 1. The average molecular weight is 394 g/mol. The zero-order valence-electron chi connectivity index (χ0n) is 13.8. The van der Waals surface area contributed by atoms with Gasteiger partial charge < -0.3 is 15.5 Å². The summed E-state index contributed by atoms with van der Waals surface area (Å²) < 4.78 is 0. The number of thioether (sulfide) groups is 2. The van der Waals surface area contributed by atoms with Crippen molar-refractivity contribution in [3.8, 4) is 0 Å². The lowest BCUT2D eigenvalue weighted by molar-refractivity contribution is -0.150. The first-order valence-electron chi connectivity index (χ1n) is 8.01. The lowest BCUT2D eigenvalue weighted by Gasteiger charge is -2.49. The van der Waals surface area contributed by atoms with Crippen molar-refractivity contribution in [3.05, 3.63) is 46.5 Å². The second-order valence-electron chi connectivity index (χ2n) is 5.77. The number of benzene rings is 1. The van der Waals surface area contributed by atoms with Crippen LogP contribution in [-0.4, -0.2) is 62.4 Å². The number of amides is 2. The molecule has 0 aromatic heterocycles. The Hall–Kier alpha value is -1.97. The molecule has 26 heavy (non-hydrogen) atoms. The van der Waals surface area contributed by atoms with Crippen molar-refractivity contribution >= 4 is 41.3 Å².